The maximum Gasteiger partial charge on any atom is 0.231 e. The lowest BCUT2D eigenvalue weighted by Crippen LogP contribution is -2.33. The number of hydrogen-bond acceptors (Lipinski definition) is 5. The number of pyridine rings is 1. The molecule has 0 saturated carbocycles. The molecule has 1 rings (SSSR count). The van der Waals surface area contributed by atoms with Gasteiger partial charge in [0.25, 0.3) is 0 Å². The van der Waals surface area contributed by atoms with E-state index in [0.29, 0.717) is 19.5 Å². The highest BCUT2D eigenvalue weighted by atomic mass is 16.3. The molecule has 0 radical (unpaired) electrons. The molecule has 20 heavy (non-hydrogen) atoms. The van der Waals surface area contributed by atoms with Crippen LogP contribution >= 0.6 is 0 Å². The molecule has 0 aliphatic carbocycles. The van der Waals surface area contributed by atoms with Crippen molar-refractivity contribution >= 4 is 12.1 Å². The van der Waals surface area contributed by atoms with Crippen molar-refractivity contribution in [1.29, 1.82) is 0 Å². The van der Waals surface area contributed by atoms with Crippen molar-refractivity contribution < 1.29 is 9.90 Å². The molecule has 1 aromatic rings. The summed E-state index contributed by atoms with van der Waals surface area (Å²) >= 11 is 0. The van der Waals surface area contributed by atoms with E-state index >= 15 is 0 Å². The van der Waals surface area contributed by atoms with Gasteiger partial charge in [0.05, 0.1) is 12.2 Å². The second kappa shape index (κ2) is 9.17. The molecule has 6 heteroatoms. The SMILES string of the molecule is CCN(CC(N)=O)Cc1cc(C=NCCCO)ccn1. The van der Waals surface area contributed by atoms with Crippen molar-refractivity contribution in [3.63, 3.8) is 0 Å². The number of carbonyl (C=O) groups is 1. The van der Waals surface area contributed by atoms with E-state index in [1.807, 2.05) is 24.0 Å². The van der Waals surface area contributed by atoms with E-state index in [1.165, 1.54) is 0 Å². The maximum atomic E-state index is 10.9. The Morgan fingerprint density at radius 3 is 3.05 bits per heavy atom. The summed E-state index contributed by atoms with van der Waals surface area (Å²) < 4.78 is 0. The van der Waals surface area contributed by atoms with Crippen LogP contribution in [0.3, 0.4) is 0 Å². The zero-order valence-electron chi connectivity index (χ0n) is 11.8. The number of hydrogen-bond donors (Lipinski definition) is 2. The average molecular weight is 278 g/mol. The third-order valence-electron chi connectivity index (χ3n) is 2.74. The first-order chi connectivity index (χ1) is 9.65. The minimum Gasteiger partial charge on any atom is -0.396 e. The molecule has 1 aromatic heterocycles. The lowest BCUT2D eigenvalue weighted by molar-refractivity contribution is -0.119. The van der Waals surface area contributed by atoms with Crippen molar-refractivity contribution in [1.82, 2.24) is 9.88 Å². The fraction of sp³-hybridized carbons (Fsp3) is 0.500. The standard InChI is InChI=1S/C14H22N4O2/c1-2-18(11-14(15)20)10-13-8-12(4-6-17-13)9-16-5-3-7-19/h4,6,8-9,19H,2-3,5,7,10-11H2,1H3,(H2,15,20). The van der Waals surface area contributed by atoms with Crippen molar-refractivity contribution in [2.75, 3.05) is 26.2 Å². The van der Waals surface area contributed by atoms with Gasteiger partial charge >= 0.3 is 0 Å². The van der Waals surface area contributed by atoms with Crippen molar-refractivity contribution in [3.05, 3.63) is 29.6 Å². The van der Waals surface area contributed by atoms with E-state index in [4.69, 9.17) is 10.8 Å². The first-order valence-electron chi connectivity index (χ1n) is 6.72. The molecule has 0 spiro atoms. The number of aliphatic hydroxyl groups excluding tert-OH is 1. The Morgan fingerprint density at radius 1 is 1.60 bits per heavy atom. The van der Waals surface area contributed by atoms with Gasteiger partial charge in [0.1, 0.15) is 0 Å². The fourth-order valence-corrected chi connectivity index (χ4v) is 1.72. The zero-order chi connectivity index (χ0) is 14.8. The first-order valence-corrected chi connectivity index (χ1v) is 6.72. The number of aliphatic imine (C=N–C) groups is 1. The number of nitrogens with two attached hydrogens (primary N) is 1. The highest BCUT2D eigenvalue weighted by molar-refractivity contribution is 5.79. The summed E-state index contributed by atoms with van der Waals surface area (Å²) in [7, 11) is 0. The number of aliphatic hydroxyl groups is 1. The molecule has 0 bridgehead atoms. The van der Waals surface area contributed by atoms with Crippen LogP contribution in [0.1, 0.15) is 24.6 Å². The van der Waals surface area contributed by atoms with Gasteiger partial charge in [0.2, 0.25) is 5.91 Å². The number of carbonyl (C=O) groups excluding carboxylic acids is 1. The van der Waals surface area contributed by atoms with Crippen LogP contribution in [0.2, 0.25) is 0 Å². The Kier molecular flexibility index (Phi) is 7.46. The Labute approximate surface area is 119 Å². The predicted molar refractivity (Wildman–Crippen MR) is 78.5 cm³/mol. The monoisotopic (exact) mass is 278 g/mol. The van der Waals surface area contributed by atoms with Crippen molar-refractivity contribution in [2.45, 2.75) is 19.9 Å². The molecule has 0 atom stereocenters. The summed E-state index contributed by atoms with van der Waals surface area (Å²) in [5.74, 6) is -0.339. The number of primary amides is 1. The second-order valence-corrected chi connectivity index (χ2v) is 4.46. The molecule has 0 aliphatic heterocycles. The van der Waals surface area contributed by atoms with Gasteiger partial charge in [-0.25, -0.2) is 0 Å². The van der Waals surface area contributed by atoms with Crippen molar-refractivity contribution in [3.8, 4) is 0 Å². The van der Waals surface area contributed by atoms with Gasteiger partial charge < -0.3 is 10.8 Å². The largest absolute Gasteiger partial charge is 0.396 e. The van der Waals surface area contributed by atoms with Crippen LogP contribution in [0.4, 0.5) is 0 Å². The van der Waals surface area contributed by atoms with E-state index < -0.39 is 0 Å². The number of amides is 1. The quantitative estimate of drug-likeness (QED) is 0.498. The van der Waals surface area contributed by atoms with Gasteiger partial charge in [-0.3, -0.25) is 19.7 Å². The van der Waals surface area contributed by atoms with Gasteiger partial charge in [-0.1, -0.05) is 6.92 Å². The lowest BCUT2D eigenvalue weighted by Gasteiger charge is -2.17. The van der Waals surface area contributed by atoms with Crippen LogP contribution in [-0.2, 0) is 11.3 Å². The fourth-order valence-electron chi connectivity index (χ4n) is 1.72. The third-order valence-corrected chi connectivity index (χ3v) is 2.74. The number of nitrogens with zero attached hydrogens (tertiary/aromatic N) is 3. The Bertz CT molecular complexity index is 449. The number of likely N-dealkylation sites (N-methyl/N-ethyl adjacent to an activating group) is 1. The Morgan fingerprint density at radius 2 is 2.40 bits per heavy atom. The predicted octanol–water partition coefficient (Wildman–Crippen LogP) is 0.190. The summed E-state index contributed by atoms with van der Waals surface area (Å²) in [5.41, 5.74) is 7.04. The molecular weight excluding hydrogens is 256 g/mol. The van der Waals surface area contributed by atoms with E-state index in [0.717, 1.165) is 17.8 Å². The van der Waals surface area contributed by atoms with E-state index in [9.17, 15) is 4.79 Å². The Hall–Kier alpha value is -1.79. The molecule has 1 heterocycles. The summed E-state index contributed by atoms with van der Waals surface area (Å²) in [6.07, 6.45) is 4.16. The van der Waals surface area contributed by atoms with E-state index in [2.05, 4.69) is 9.98 Å². The molecule has 110 valence electrons. The molecule has 1 amide bonds. The van der Waals surface area contributed by atoms with Crippen LogP contribution in [0.5, 0.6) is 0 Å². The minimum absolute atomic E-state index is 0.150. The first kappa shape index (κ1) is 16.3. The molecule has 0 fully saturated rings. The normalized spacial score (nSPS) is 11.3. The van der Waals surface area contributed by atoms with E-state index in [-0.39, 0.29) is 19.1 Å². The summed E-state index contributed by atoms with van der Waals surface area (Å²) in [6, 6.07) is 3.81. The van der Waals surface area contributed by atoms with Crippen LogP contribution in [0.25, 0.3) is 0 Å². The molecule has 0 aliphatic rings. The summed E-state index contributed by atoms with van der Waals surface area (Å²) in [5, 5.41) is 8.68. The van der Waals surface area contributed by atoms with Crippen molar-refractivity contribution in [2.24, 2.45) is 10.7 Å². The average Bonchev–Trinajstić information content (AvgIpc) is 2.43. The van der Waals surface area contributed by atoms with Crippen LogP contribution in [-0.4, -0.2) is 53.4 Å². The molecule has 0 unspecified atom stereocenters. The van der Waals surface area contributed by atoms with E-state index in [1.54, 1.807) is 12.4 Å². The van der Waals surface area contributed by atoms with Gasteiger partial charge in [0.15, 0.2) is 0 Å². The van der Waals surface area contributed by atoms with Gasteiger partial charge in [0, 0.05) is 32.1 Å². The maximum absolute atomic E-state index is 10.9. The molecule has 0 aromatic carbocycles. The van der Waals surface area contributed by atoms with Gasteiger partial charge in [-0.2, -0.15) is 0 Å². The van der Waals surface area contributed by atoms with Crippen LogP contribution in [0.15, 0.2) is 23.3 Å². The highest BCUT2D eigenvalue weighted by Gasteiger charge is 2.07. The molecule has 3 N–H and O–H groups in total. The van der Waals surface area contributed by atoms with Gasteiger partial charge in [-0.15, -0.1) is 0 Å². The second-order valence-electron chi connectivity index (χ2n) is 4.46. The summed E-state index contributed by atoms with van der Waals surface area (Å²) in [6.45, 7) is 4.28. The molecule has 0 saturated heterocycles. The highest BCUT2D eigenvalue weighted by Crippen LogP contribution is 2.04. The number of aromatic nitrogens is 1. The van der Waals surface area contributed by atoms with Crippen LogP contribution < -0.4 is 5.73 Å². The molecule has 6 nitrogen and oxygen atoms in total. The van der Waals surface area contributed by atoms with Crippen LogP contribution in [0, 0.1) is 0 Å². The molecular formula is C14H22N4O2. The zero-order valence-corrected chi connectivity index (χ0v) is 11.8. The lowest BCUT2D eigenvalue weighted by atomic mass is 10.2. The topological polar surface area (TPSA) is 91.8 Å². The smallest absolute Gasteiger partial charge is 0.231 e. The third kappa shape index (κ3) is 6.40. The summed E-state index contributed by atoms with van der Waals surface area (Å²) in [4.78, 5) is 21.4. The minimum atomic E-state index is -0.339. The Balaban J connectivity index is 2.62. The van der Waals surface area contributed by atoms with Gasteiger partial charge in [-0.05, 0) is 30.7 Å². The number of rotatable bonds is 9.